The van der Waals surface area contributed by atoms with Crippen LogP contribution >= 0.6 is 34.8 Å². The molecule has 1 aliphatic rings. The monoisotopic (exact) mass is 649 g/mol. The van der Waals surface area contributed by atoms with Crippen LogP contribution in [0.5, 0.6) is 0 Å². The van der Waals surface area contributed by atoms with E-state index < -0.39 is 28.5 Å². The van der Waals surface area contributed by atoms with Crippen LogP contribution in [0, 0.1) is 13.8 Å². The van der Waals surface area contributed by atoms with E-state index in [1.54, 1.807) is 37.3 Å². The molecular formula is C31H34Cl3N3O4S. The molecule has 1 saturated carbocycles. The van der Waals surface area contributed by atoms with Gasteiger partial charge in [-0.1, -0.05) is 59.8 Å². The van der Waals surface area contributed by atoms with Gasteiger partial charge in [0.15, 0.2) is 0 Å². The molecule has 3 aromatic carbocycles. The number of hydrogen-bond acceptors (Lipinski definition) is 4. The van der Waals surface area contributed by atoms with Crippen molar-refractivity contribution in [1.82, 2.24) is 10.2 Å². The molecule has 0 heterocycles. The van der Waals surface area contributed by atoms with E-state index in [1.807, 2.05) is 19.9 Å². The average molecular weight is 651 g/mol. The molecule has 1 N–H and O–H groups in total. The van der Waals surface area contributed by atoms with Gasteiger partial charge in [-0.3, -0.25) is 13.9 Å². The zero-order chi connectivity index (χ0) is 30.6. The summed E-state index contributed by atoms with van der Waals surface area (Å²) in [6.45, 7) is 4.94. The first-order chi connectivity index (χ1) is 19.9. The third kappa shape index (κ3) is 7.59. The van der Waals surface area contributed by atoms with Gasteiger partial charge in [-0.2, -0.15) is 0 Å². The molecule has 0 radical (unpaired) electrons. The highest BCUT2D eigenvalue weighted by molar-refractivity contribution is 7.92. The Bertz CT molecular complexity index is 1560. The number of anilines is 1. The largest absolute Gasteiger partial charge is 0.352 e. The molecule has 0 saturated heterocycles. The maximum atomic E-state index is 14.1. The van der Waals surface area contributed by atoms with Crippen molar-refractivity contribution in [3.63, 3.8) is 0 Å². The number of rotatable bonds is 10. The zero-order valence-corrected chi connectivity index (χ0v) is 26.8. The molecule has 1 atom stereocenters. The number of amides is 2. The van der Waals surface area contributed by atoms with Gasteiger partial charge in [-0.15, -0.1) is 0 Å². The number of carbonyl (C=O) groups excluding carboxylic acids is 2. The normalized spacial score (nSPS) is 14.4. The fourth-order valence-electron chi connectivity index (χ4n) is 4.95. The van der Waals surface area contributed by atoms with Crippen molar-refractivity contribution in [2.24, 2.45) is 0 Å². The minimum atomic E-state index is -4.19. The number of carbonyl (C=O) groups is 2. The molecule has 4 rings (SSSR count). The Morgan fingerprint density at radius 3 is 2.19 bits per heavy atom. The average Bonchev–Trinajstić information content (AvgIpc) is 3.46. The van der Waals surface area contributed by atoms with Crippen LogP contribution in [0.15, 0.2) is 65.6 Å². The maximum Gasteiger partial charge on any atom is 0.264 e. The van der Waals surface area contributed by atoms with E-state index in [0.29, 0.717) is 26.3 Å². The van der Waals surface area contributed by atoms with Crippen LogP contribution in [-0.4, -0.2) is 43.8 Å². The van der Waals surface area contributed by atoms with Crippen LogP contribution in [0.3, 0.4) is 0 Å². The van der Waals surface area contributed by atoms with Gasteiger partial charge >= 0.3 is 0 Å². The second kappa shape index (κ2) is 13.7. The second-order valence-corrected chi connectivity index (χ2v) is 13.8. The lowest BCUT2D eigenvalue weighted by atomic mass is 10.1. The van der Waals surface area contributed by atoms with Crippen molar-refractivity contribution in [3.05, 3.63) is 92.4 Å². The summed E-state index contributed by atoms with van der Waals surface area (Å²) in [6.07, 6.45) is 3.86. The Morgan fingerprint density at radius 1 is 0.905 bits per heavy atom. The topological polar surface area (TPSA) is 86.8 Å². The predicted octanol–water partition coefficient (Wildman–Crippen LogP) is 6.94. The van der Waals surface area contributed by atoms with E-state index >= 15 is 0 Å². The first-order valence-corrected chi connectivity index (χ1v) is 16.3. The summed E-state index contributed by atoms with van der Waals surface area (Å²) in [7, 11) is -4.19. The van der Waals surface area contributed by atoms with Crippen LogP contribution in [0.25, 0.3) is 0 Å². The molecule has 0 aromatic heterocycles. The van der Waals surface area contributed by atoms with E-state index in [-0.39, 0.29) is 23.4 Å². The van der Waals surface area contributed by atoms with Gasteiger partial charge in [0, 0.05) is 17.6 Å². The highest BCUT2D eigenvalue weighted by Crippen LogP contribution is 2.28. The van der Waals surface area contributed by atoms with Gasteiger partial charge in [0.1, 0.15) is 12.6 Å². The number of nitrogens with one attached hydrogen (secondary N) is 1. The predicted molar refractivity (Wildman–Crippen MR) is 169 cm³/mol. The van der Waals surface area contributed by atoms with Crippen molar-refractivity contribution < 1.29 is 18.0 Å². The molecule has 0 unspecified atom stereocenters. The van der Waals surface area contributed by atoms with Gasteiger partial charge in [0.25, 0.3) is 10.0 Å². The van der Waals surface area contributed by atoms with Crippen molar-refractivity contribution in [3.8, 4) is 0 Å². The molecule has 0 spiro atoms. The van der Waals surface area contributed by atoms with Gasteiger partial charge in [0.2, 0.25) is 11.8 Å². The molecule has 224 valence electrons. The lowest BCUT2D eigenvalue weighted by molar-refractivity contribution is -0.139. The SMILES string of the molecule is Cc1ccc(N(CC(=O)N(Cc2ccc(Cl)c(Cl)c2)[C@@H](C)C(=O)NC2CCCC2)S(=O)(=O)c2ccc(Cl)cc2)cc1C. The third-order valence-electron chi connectivity index (χ3n) is 7.66. The van der Waals surface area contributed by atoms with Gasteiger partial charge in [0.05, 0.1) is 20.6 Å². The highest BCUT2D eigenvalue weighted by Gasteiger charge is 2.33. The number of hydrogen-bond donors (Lipinski definition) is 1. The summed E-state index contributed by atoms with van der Waals surface area (Å²) >= 11 is 18.4. The Hall–Kier alpha value is -2.78. The number of aryl methyl sites for hydroxylation is 2. The maximum absolute atomic E-state index is 14.1. The van der Waals surface area contributed by atoms with E-state index in [1.165, 1.54) is 29.2 Å². The Balaban J connectivity index is 1.71. The molecule has 42 heavy (non-hydrogen) atoms. The highest BCUT2D eigenvalue weighted by atomic mass is 35.5. The van der Waals surface area contributed by atoms with Gasteiger partial charge < -0.3 is 10.2 Å². The van der Waals surface area contributed by atoms with E-state index in [4.69, 9.17) is 34.8 Å². The van der Waals surface area contributed by atoms with E-state index in [0.717, 1.165) is 41.1 Å². The van der Waals surface area contributed by atoms with Crippen LogP contribution in [0.2, 0.25) is 15.1 Å². The van der Waals surface area contributed by atoms with Crippen LogP contribution in [0.1, 0.15) is 49.3 Å². The Morgan fingerprint density at radius 2 is 1.57 bits per heavy atom. The minimum Gasteiger partial charge on any atom is -0.352 e. The third-order valence-corrected chi connectivity index (χ3v) is 10.4. The number of sulfonamides is 1. The lowest BCUT2D eigenvalue weighted by Crippen LogP contribution is -2.52. The van der Waals surface area contributed by atoms with Crippen LogP contribution in [-0.2, 0) is 26.2 Å². The van der Waals surface area contributed by atoms with Gasteiger partial charge in [-0.05, 0) is 98.8 Å². The first kappa shape index (κ1) is 32.1. The van der Waals surface area contributed by atoms with Crippen LogP contribution in [0.4, 0.5) is 5.69 Å². The lowest BCUT2D eigenvalue weighted by Gasteiger charge is -2.32. The summed E-state index contributed by atoms with van der Waals surface area (Å²) in [5, 5.41) is 4.12. The quantitative estimate of drug-likeness (QED) is 0.258. The van der Waals surface area contributed by atoms with Crippen molar-refractivity contribution in [2.75, 3.05) is 10.8 Å². The Kier molecular flexibility index (Phi) is 10.5. The molecule has 0 bridgehead atoms. The van der Waals surface area contributed by atoms with E-state index in [2.05, 4.69) is 5.32 Å². The summed E-state index contributed by atoms with van der Waals surface area (Å²) in [5.41, 5.74) is 2.83. The first-order valence-electron chi connectivity index (χ1n) is 13.8. The number of halogens is 3. The van der Waals surface area contributed by atoms with Crippen molar-refractivity contribution >= 4 is 62.3 Å². The zero-order valence-electron chi connectivity index (χ0n) is 23.7. The molecule has 3 aromatic rings. The molecule has 2 amide bonds. The molecule has 1 aliphatic carbocycles. The summed E-state index contributed by atoms with van der Waals surface area (Å²) in [4.78, 5) is 28.8. The summed E-state index contributed by atoms with van der Waals surface area (Å²) in [5.74, 6) is -0.848. The smallest absolute Gasteiger partial charge is 0.264 e. The Labute approximate surface area is 262 Å². The fraction of sp³-hybridized carbons (Fsp3) is 0.355. The molecular weight excluding hydrogens is 617 g/mol. The van der Waals surface area contributed by atoms with E-state index in [9.17, 15) is 18.0 Å². The minimum absolute atomic E-state index is 0.0130. The number of nitrogens with zero attached hydrogens (tertiary/aromatic N) is 2. The second-order valence-electron chi connectivity index (χ2n) is 10.7. The van der Waals surface area contributed by atoms with Crippen molar-refractivity contribution in [2.45, 2.75) is 70.0 Å². The fourth-order valence-corrected chi connectivity index (χ4v) is 6.81. The summed E-state index contributed by atoms with van der Waals surface area (Å²) in [6, 6.07) is 15.1. The van der Waals surface area contributed by atoms with Crippen LogP contribution < -0.4 is 9.62 Å². The molecule has 1 fully saturated rings. The molecule has 0 aliphatic heterocycles. The van der Waals surface area contributed by atoms with Crippen molar-refractivity contribution in [1.29, 1.82) is 0 Å². The summed E-state index contributed by atoms with van der Waals surface area (Å²) < 4.78 is 29.0. The molecule has 7 nitrogen and oxygen atoms in total. The standard InChI is InChI=1S/C31H34Cl3N3O4S/c1-20-8-12-26(16-21(20)2)37(42(40,41)27-13-10-24(32)11-14-27)19-30(38)36(18-23-9-15-28(33)29(34)17-23)22(3)31(39)35-25-6-4-5-7-25/h8-17,22,25H,4-7,18-19H2,1-3H3,(H,35,39)/t22-/m0/s1. The van der Waals surface area contributed by atoms with Gasteiger partial charge in [-0.25, -0.2) is 8.42 Å². The number of benzene rings is 3. The molecule has 11 heteroatoms.